The van der Waals surface area contributed by atoms with Crippen molar-refractivity contribution in [2.24, 2.45) is 0 Å². The Bertz CT molecular complexity index is 110. The Balaban J connectivity index is 3.88. The SMILES string of the molecule is CCN(CC)C(C)C([O])=O. The number of hydrogen-bond donors (Lipinski definition) is 0. The average molecular weight is 144 g/mol. The molecule has 1 unspecified atom stereocenters. The van der Waals surface area contributed by atoms with Crippen LogP contribution in [0.15, 0.2) is 0 Å². The molecular formula is C7H14NO2. The first kappa shape index (κ1) is 9.43. The van der Waals surface area contributed by atoms with Crippen LogP contribution in [-0.4, -0.2) is 30.0 Å². The predicted molar refractivity (Wildman–Crippen MR) is 38.1 cm³/mol. The Kier molecular flexibility index (Phi) is 4.03. The van der Waals surface area contributed by atoms with Crippen LogP contribution in [0.2, 0.25) is 0 Å². The lowest BCUT2D eigenvalue weighted by molar-refractivity contribution is -0.148. The molecule has 59 valence electrons. The van der Waals surface area contributed by atoms with E-state index in [1.165, 1.54) is 0 Å². The van der Waals surface area contributed by atoms with E-state index >= 15 is 0 Å². The summed E-state index contributed by atoms with van der Waals surface area (Å²) in [6, 6.07) is -0.463. The molecule has 0 saturated heterocycles. The first-order valence-corrected chi connectivity index (χ1v) is 3.58. The molecule has 0 rings (SSSR count). The van der Waals surface area contributed by atoms with Crippen LogP contribution in [0, 0.1) is 0 Å². The first-order valence-electron chi connectivity index (χ1n) is 3.58. The van der Waals surface area contributed by atoms with Gasteiger partial charge in [0.25, 0.3) is 0 Å². The average Bonchev–Trinajstić information content (AvgIpc) is 1.90. The van der Waals surface area contributed by atoms with E-state index in [-0.39, 0.29) is 0 Å². The van der Waals surface area contributed by atoms with Gasteiger partial charge >= 0.3 is 5.97 Å². The molecule has 0 aromatic heterocycles. The van der Waals surface area contributed by atoms with Crippen molar-refractivity contribution >= 4 is 5.97 Å². The molecule has 0 aliphatic heterocycles. The van der Waals surface area contributed by atoms with Gasteiger partial charge in [0.2, 0.25) is 0 Å². The molecule has 0 aliphatic rings. The van der Waals surface area contributed by atoms with E-state index in [9.17, 15) is 9.90 Å². The topological polar surface area (TPSA) is 40.2 Å². The van der Waals surface area contributed by atoms with Crippen LogP contribution >= 0.6 is 0 Å². The summed E-state index contributed by atoms with van der Waals surface area (Å²) in [5, 5.41) is 10.3. The molecular weight excluding hydrogens is 130 g/mol. The minimum Gasteiger partial charge on any atom is -0.291 e. The van der Waals surface area contributed by atoms with Crippen molar-refractivity contribution in [3.05, 3.63) is 0 Å². The minimum atomic E-state index is -0.997. The van der Waals surface area contributed by atoms with Gasteiger partial charge in [-0.2, -0.15) is 0 Å². The van der Waals surface area contributed by atoms with Gasteiger partial charge < -0.3 is 0 Å². The zero-order valence-electron chi connectivity index (χ0n) is 6.76. The van der Waals surface area contributed by atoms with Crippen molar-refractivity contribution < 1.29 is 9.90 Å². The zero-order chi connectivity index (χ0) is 8.15. The Morgan fingerprint density at radius 3 is 1.90 bits per heavy atom. The molecule has 0 spiro atoms. The highest BCUT2D eigenvalue weighted by Crippen LogP contribution is 1.97. The van der Waals surface area contributed by atoms with Gasteiger partial charge in [-0.05, 0) is 20.0 Å². The van der Waals surface area contributed by atoms with E-state index in [0.717, 1.165) is 13.1 Å². The number of nitrogens with zero attached hydrogens (tertiary/aromatic N) is 1. The fraction of sp³-hybridized carbons (Fsp3) is 0.857. The van der Waals surface area contributed by atoms with E-state index in [2.05, 4.69) is 0 Å². The molecule has 0 saturated carbocycles. The summed E-state index contributed by atoms with van der Waals surface area (Å²) in [5.74, 6) is -0.997. The van der Waals surface area contributed by atoms with Crippen molar-refractivity contribution in [1.82, 2.24) is 4.90 Å². The third kappa shape index (κ3) is 2.35. The molecule has 0 heterocycles. The molecule has 0 aromatic carbocycles. The maximum Gasteiger partial charge on any atom is 0.372 e. The minimum absolute atomic E-state index is 0.463. The van der Waals surface area contributed by atoms with Gasteiger partial charge in [0, 0.05) is 0 Å². The fourth-order valence-corrected chi connectivity index (χ4v) is 0.920. The monoisotopic (exact) mass is 144 g/mol. The van der Waals surface area contributed by atoms with Crippen molar-refractivity contribution in [3.8, 4) is 0 Å². The molecule has 3 heteroatoms. The second-order valence-electron chi connectivity index (χ2n) is 2.22. The highest BCUT2D eigenvalue weighted by Gasteiger charge is 2.18. The number of rotatable bonds is 4. The lowest BCUT2D eigenvalue weighted by atomic mass is 10.3. The second-order valence-corrected chi connectivity index (χ2v) is 2.22. The van der Waals surface area contributed by atoms with Gasteiger partial charge in [-0.15, -0.1) is 0 Å². The first-order chi connectivity index (χ1) is 4.63. The molecule has 1 radical (unpaired) electrons. The van der Waals surface area contributed by atoms with Gasteiger partial charge in [0.05, 0.1) is 0 Å². The van der Waals surface area contributed by atoms with Crippen LogP contribution in [0.5, 0.6) is 0 Å². The third-order valence-corrected chi connectivity index (χ3v) is 1.70. The normalized spacial score (nSPS) is 13.6. The summed E-state index contributed by atoms with van der Waals surface area (Å²) in [4.78, 5) is 12.1. The van der Waals surface area contributed by atoms with Gasteiger partial charge in [0.1, 0.15) is 6.04 Å². The summed E-state index contributed by atoms with van der Waals surface area (Å²) < 4.78 is 0. The van der Waals surface area contributed by atoms with Crippen LogP contribution in [0.25, 0.3) is 0 Å². The van der Waals surface area contributed by atoms with Crippen LogP contribution < -0.4 is 0 Å². The van der Waals surface area contributed by atoms with Crippen molar-refractivity contribution in [1.29, 1.82) is 0 Å². The van der Waals surface area contributed by atoms with Gasteiger partial charge in [-0.3, -0.25) is 4.90 Å². The zero-order valence-corrected chi connectivity index (χ0v) is 6.76. The molecule has 3 nitrogen and oxygen atoms in total. The summed E-state index contributed by atoms with van der Waals surface area (Å²) in [6.45, 7) is 7.02. The van der Waals surface area contributed by atoms with Gasteiger partial charge in [-0.25, -0.2) is 9.90 Å². The maximum atomic E-state index is 10.3. The number of hydrogen-bond acceptors (Lipinski definition) is 2. The Labute approximate surface area is 61.6 Å². The Hall–Kier alpha value is -0.570. The largest absolute Gasteiger partial charge is 0.372 e. The molecule has 0 aliphatic carbocycles. The van der Waals surface area contributed by atoms with Crippen molar-refractivity contribution in [2.45, 2.75) is 26.8 Å². The maximum absolute atomic E-state index is 10.3. The lowest BCUT2D eigenvalue weighted by Gasteiger charge is -2.21. The smallest absolute Gasteiger partial charge is 0.291 e. The number of carbonyl (C=O) groups is 1. The van der Waals surface area contributed by atoms with Gasteiger partial charge in [-0.1, -0.05) is 13.8 Å². The molecule has 10 heavy (non-hydrogen) atoms. The van der Waals surface area contributed by atoms with E-state index in [4.69, 9.17) is 0 Å². The van der Waals surface area contributed by atoms with Crippen LogP contribution in [-0.2, 0) is 9.90 Å². The number of likely N-dealkylation sites (N-methyl/N-ethyl adjacent to an activating group) is 1. The van der Waals surface area contributed by atoms with Crippen LogP contribution in [0.3, 0.4) is 0 Å². The third-order valence-electron chi connectivity index (χ3n) is 1.70. The molecule has 1 atom stereocenters. The van der Waals surface area contributed by atoms with E-state index in [0.29, 0.717) is 0 Å². The molecule has 0 aromatic rings. The number of carbonyl (C=O) groups excluding carboxylic acids is 1. The summed E-state index contributed by atoms with van der Waals surface area (Å²) >= 11 is 0. The highest BCUT2D eigenvalue weighted by atomic mass is 16.4. The fourth-order valence-electron chi connectivity index (χ4n) is 0.920. The Morgan fingerprint density at radius 2 is 1.80 bits per heavy atom. The van der Waals surface area contributed by atoms with Crippen LogP contribution in [0.1, 0.15) is 20.8 Å². The van der Waals surface area contributed by atoms with E-state index in [1.54, 1.807) is 6.92 Å². The second kappa shape index (κ2) is 4.28. The Morgan fingerprint density at radius 1 is 1.40 bits per heavy atom. The molecule has 0 N–H and O–H groups in total. The van der Waals surface area contributed by atoms with Gasteiger partial charge in [0.15, 0.2) is 0 Å². The van der Waals surface area contributed by atoms with E-state index in [1.807, 2.05) is 18.7 Å². The standard InChI is InChI=1S/C7H14NO2/c1-4-8(5-2)6(3)7(9)10/h6H,4-5H2,1-3H3. The van der Waals surface area contributed by atoms with E-state index < -0.39 is 12.0 Å². The quantitative estimate of drug-likeness (QED) is 0.582. The molecule has 0 bridgehead atoms. The summed E-state index contributed by atoms with van der Waals surface area (Å²) in [6.07, 6.45) is 0. The summed E-state index contributed by atoms with van der Waals surface area (Å²) in [5.41, 5.74) is 0. The molecule has 0 amide bonds. The highest BCUT2D eigenvalue weighted by molar-refractivity contribution is 5.72. The molecule has 0 fully saturated rings. The van der Waals surface area contributed by atoms with Crippen LogP contribution in [0.4, 0.5) is 0 Å². The summed E-state index contributed by atoms with van der Waals surface area (Å²) in [7, 11) is 0. The predicted octanol–water partition coefficient (Wildman–Crippen LogP) is 0.674. The van der Waals surface area contributed by atoms with Crippen molar-refractivity contribution in [3.63, 3.8) is 0 Å². The van der Waals surface area contributed by atoms with Crippen molar-refractivity contribution in [2.75, 3.05) is 13.1 Å². The lowest BCUT2D eigenvalue weighted by Crippen LogP contribution is -2.37.